The zero-order chi connectivity index (χ0) is 18.8. The van der Waals surface area contributed by atoms with E-state index in [-0.39, 0.29) is 11.9 Å². The van der Waals surface area contributed by atoms with E-state index in [1.54, 1.807) is 12.3 Å². The Morgan fingerprint density at radius 1 is 1.30 bits per heavy atom. The first-order chi connectivity index (χ1) is 13.1. The molecule has 1 atom stereocenters. The second-order valence-electron chi connectivity index (χ2n) is 6.94. The van der Waals surface area contributed by atoms with Gasteiger partial charge in [-0.15, -0.1) is 0 Å². The SMILES string of the molecule is CN(C)c1ncc2c(n1)CCCC2NC(=O)C1=Cc2ccccc2OC=C1. The van der Waals surface area contributed by atoms with E-state index in [0.717, 1.165) is 41.8 Å². The summed E-state index contributed by atoms with van der Waals surface area (Å²) in [5.41, 5.74) is 3.48. The topological polar surface area (TPSA) is 67.4 Å². The number of carbonyl (C=O) groups excluding carboxylic acids is 1. The Morgan fingerprint density at radius 2 is 2.15 bits per heavy atom. The van der Waals surface area contributed by atoms with Crippen molar-refractivity contribution in [2.24, 2.45) is 0 Å². The van der Waals surface area contributed by atoms with Crippen LogP contribution in [0.1, 0.15) is 35.7 Å². The third-order valence-corrected chi connectivity index (χ3v) is 4.81. The number of rotatable bonds is 3. The first-order valence-electron chi connectivity index (χ1n) is 9.10. The number of hydrogen-bond donors (Lipinski definition) is 1. The average molecular weight is 362 g/mol. The van der Waals surface area contributed by atoms with Crippen molar-refractivity contribution >= 4 is 17.9 Å². The molecule has 6 nitrogen and oxygen atoms in total. The van der Waals surface area contributed by atoms with Crippen molar-refractivity contribution in [3.05, 3.63) is 65.2 Å². The minimum atomic E-state index is -0.124. The van der Waals surface area contributed by atoms with E-state index in [4.69, 9.17) is 4.74 Å². The molecule has 6 heteroatoms. The molecule has 2 aliphatic rings. The summed E-state index contributed by atoms with van der Waals surface area (Å²) in [5, 5.41) is 3.14. The van der Waals surface area contributed by atoms with Crippen LogP contribution in [-0.4, -0.2) is 30.0 Å². The molecule has 1 aliphatic carbocycles. The van der Waals surface area contributed by atoms with Crippen molar-refractivity contribution in [2.45, 2.75) is 25.3 Å². The van der Waals surface area contributed by atoms with E-state index < -0.39 is 0 Å². The van der Waals surface area contributed by atoms with E-state index >= 15 is 0 Å². The highest BCUT2D eigenvalue weighted by Crippen LogP contribution is 2.30. The third-order valence-electron chi connectivity index (χ3n) is 4.81. The lowest BCUT2D eigenvalue weighted by Gasteiger charge is -2.26. The Kier molecular flexibility index (Phi) is 4.62. The number of fused-ring (bicyclic) bond motifs is 2. The lowest BCUT2D eigenvalue weighted by Crippen LogP contribution is -2.32. The zero-order valence-corrected chi connectivity index (χ0v) is 15.5. The first-order valence-corrected chi connectivity index (χ1v) is 9.10. The summed E-state index contributed by atoms with van der Waals surface area (Å²) in [6.07, 6.45) is 9.73. The molecule has 4 rings (SSSR count). The van der Waals surface area contributed by atoms with Crippen LogP contribution in [0.3, 0.4) is 0 Å². The lowest BCUT2D eigenvalue weighted by atomic mass is 9.92. The van der Waals surface area contributed by atoms with Gasteiger partial charge in [0.05, 0.1) is 18.0 Å². The highest BCUT2D eigenvalue weighted by molar-refractivity contribution is 6.01. The van der Waals surface area contributed by atoms with Crippen molar-refractivity contribution in [2.75, 3.05) is 19.0 Å². The van der Waals surface area contributed by atoms with Crippen LogP contribution in [0.25, 0.3) is 6.08 Å². The molecule has 1 aliphatic heterocycles. The van der Waals surface area contributed by atoms with Gasteiger partial charge >= 0.3 is 0 Å². The van der Waals surface area contributed by atoms with E-state index in [9.17, 15) is 4.79 Å². The Hall–Kier alpha value is -3.15. The predicted octanol–water partition coefficient (Wildman–Crippen LogP) is 3.03. The number of benzene rings is 1. The van der Waals surface area contributed by atoms with Gasteiger partial charge < -0.3 is 15.0 Å². The van der Waals surface area contributed by atoms with Crippen LogP contribution < -0.4 is 15.0 Å². The molecule has 1 N–H and O–H groups in total. The molecule has 2 heterocycles. The summed E-state index contributed by atoms with van der Waals surface area (Å²) in [6, 6.07) is 7.57. The van der Waals surface area contributed by atoms with E-state index in [1.807, 2.05) is 55.5 Å². The van der Waals surface area contributed by atoms with Crippen LogP contribution in [0.5, 0.6) is 5.75 Å². The summed E-state index contributed by atoms with van der Waals surface area (Å²) in [6.45, 7) is 0. The Bertz CT molecular complexity index is 934. The van der Waals surface area contributed by atoms with Gasteiger partial charge in [0.25, 0.3) is 5.91 Å². The Labute approximate surface area is 158 Å². The molecule has 0 saturated carbocycles. The quantitative estimate of drug-likeness (QED) is 0.909. The number of anilines is 1. The number of hydrogen-bond acceptors (Lipinski definition) is 5. The zero-order valence-electron chi connectivity index (χ0n) is 15.5. The minimum Gasteiger partial charge on any atom is -0.464 e. The van der Waals surface area contributed by atoms with Gasteiger partial charge in [-0.25, -0.2) is 9.97 Å². The third kappa shape index (κ3) is 3.56. The second-order valence-corrected chi connectivity index (χ2v) is 6.94. The fourth-order valence-electron chi connectivity index (χ4n) is 3.39. The minimum absolute atomic E-state index is 0.0776. The number of nitrogens with zero attached hydrogens (tertiary/aromatic N) is 3. The van der Waals surface area contributed by atoms with Crippen molar-refractivity contribution in [1.29, 1.82) is 0 Å². The molecular weight excluding hydrogens is 340 g/mol. The van der Waals surface area contributed by atoms with Crippen LogP contribution in [0, 0.1) is 0 Å². The van der Waals surface area contributed by atoms with Gasteiger partial charge in [-0.2, -0.15) is 0 Å². The maximum absolute atomic E-state index is 12.9. The molecule has 0 fully saturated rings. The van der Waals surface area contributed by atoms with Crippen LogP contribution in [-0.2, 0) is 11.2 Å². The molecule has 0 radical (unpaired) electrons. The monoisotopic (exact) mass is 362 g/mol. The molecular formula is C21H22N4O2. The van der Waals surface area contributed by atoms with Crippen molar-refractivity contribution < 1.29 is 9.53 Å². The number of aromatic nitrogens is 2. The van der Waals surface area contributed by atoms with Gasteiger partial charge in [0.2, 0.25) is 5.95 Å². The summed E-state index contributed by atoms with van der Waals surface area (Å²) in [5.74, 6) is 1.31. The van der Waals surface area contributed by atoms with Gasteiger partial charge in [-0.3, -0.25) is 4.79 Å². The van der Waals surface area contributed by atoms with Crippen molar-refractivity contribution in [3.8, 4) is 5.75 Å². The maximum Gasteiger partial charge on any atom is 0.251 e. The van der Waals surface area contributed by atoms with Crippen LogP contribution >= 0.6 is 0 Å². The molecule has 138 valence electrons. The van der Waals surface area contributed by atoms with Crippen molar-refractivity contribution in [3.63, 3.8) is 0 Å². The summed E-state index contributed by atoms with van der Waals surface area (Å²) in [4.78, 5) is 23.8. The fraction of sp³-hybridized carbons (Fsp3) is 0.286. The summed E-state index contributed by atoms with van der Waals surface area (Å²) >= 11 is 0. The summed E-state index contributed by atoms with van der Waals surface area (Å²) < 4.78 is 5.57. The molecule has 0 bridgehead atoms. The average Bonchev–Trinajstić information content (AvgIpc) is 2.90. The number of nitrogens with one attached hydrogen (secondary N) is 1. The molecule has 1 unspecified atom stereocenters. The van der Waals surface area contributed by atoms with E-state index in [0.29, 0.717) is 11.5 Å². The molecule has 1 aromatic heterocycles. The number of para-hydroxylation sites is 1. The molecule has 1 aromatic carbocycles. The smallest absolute Gasteiger partial charge is 0.251 e. The van der Waals surface area contributed by atoms with E-state index in [1.165, 1.54) is 0 Å². The largest absolute Gasteiger partial charge is 0.464 e. The predicted molar refractivity (Wildman–Crippen MR) is 104 cm³/mol. The molecule has 27 heavy (non-hydrogen) atoms. The standard InChI is InChI=1S/C21H22N4O2/c1-25(2)21-22-13-16-17(7-5-8-18(16)24-21)23-20(26)15-10-11-27-19-9-4-3-6-14(19)12-15/h3-4,6,9-13,17H,5,7-8H2,1-2H3,(H,23,26). The van der Waals surface area contributed by atoms with Gasteiger partial charge in [0.15, 0.2) is 0 Å². The van der Waals surface area contributed by atoms with Gasteiger partial charge in [0, 0.05) is 37.0 Å². The lowest BCUT2D eigenvalue weighted by molar-refractivity contribution is -0.117. The first kappa shape index (κ1) is 17.3. The second kappa shape index (κ2) is 7.23. The normalized spacial score (nSPS) is 17.7. The van der Waals surface area contributed by atoms with Gasteiger partial charge in [0.1, 0.15) is 5.75 Å². The highest BCUT2D eigenvalue weighted by Gasteiger charge is 2.25. The van der Waals surface area contributed by atoms with Crippen molar-refractivity contribution in [1.82, 2.24) is 15.3 Å². The summed E-state index contributed by atoms with van der Waals surface area (Å²) in [7, 11) is 3.85. The number of carbonyl (C=O) groups is 1. The van der Waals surface area contributed by atoms with E-state index in [2.05, 4.69) is 15.3 Å². The number of aryl methyl sites for hydroxylation is 1. The maximum atomic E-state index is 12.9. The van der Waals surface area contributed by atoms with Crippen LogP contribution in [0.2, 0.25) is 0 Å². The van der Waals surface area contributed by atoms with Gasteiger partial charge in [-0.1, -0.05) is 18.2 Å². The Morgan fingerprint density at radius 3 is 3.00 bits per heavy atom. The molecule has 0 spiro atoms. The fourth-order valence-corrected chi connectivity index (χ4v) is 3.39. The molecule has 0 saturated heterocycles. The number of amides is 1. The Balaban J connectivity index is 1.57. The van der Waals surface area contributed by atoms with Crippen LogP contribution in [0.15, 0.2) is 48.4 Å². The highest BCUT2D eigenvalue weighted by atomic mass is 16.5. The van der Waals surface area contributed by atoms with Gasteiger partial charge in [-0.05, 0) is 37.5 Å². The number of ether oxygens (including phenoxy) is 1. The van der Waals surface area contributed by atoms with Crippen LogP contribution in [0.4, 0.5) is 5.95 Å². The molecule has 2 aromatic rings. The molecule has 1 amide bonds.